The number of rotatable bonds is 3. The van der Waals surface area contributed by atoms with Crippen LogP contribution in [0, 0.1) is 12.8 Å². The van der Waals surface area contributed by atoms with Gasteiger partial charge in [0.15, 0.2) is 10.9 Å². The highest BCUT2D eigenvalue weighted by molar-refractivity contribution is 7.22. The maximum Gasteiger partial charge on any atom is 0.231 e. The smallest absolute Gasteiger partial charge is 0.231 e. The fraction of sp³-hybridized carbons (Fsp3) is 0.333. The second kappa shape index (κ2) is 7.17. The molecule has 0 saturated carbocycles. The van der Waals surface area contributed by atoms with Crippen LogP contribution in [0.4, 0.5) is 10.9 Å². The number of amides is 1. The van der Waals surface area contributed by atoms with Gasteiger partial charge in [0.2, 0.25) is 5.91 Å². The van der Waals surface area contributed by atoms with Gasteiger partial charge in [-0.25, -0.2) is 4.98 Å². The van der Waals surface area contributed by atoms with Gasteiger partial charge in [-0.2, -0.15) is 5.10 Å². The lowest BCUT2D eigenvalue weighted by Gasteiger charge is -2.32. The van der Waals surface area contributed by atoms with Gasteiger partial charge in [0, 0.05) is 18.1 Å². The van der Waals surface area contributed by atoms with Crippen LogP contribution in [0.3, 0.4) is 0 Å². The summed E-state index contributed by atoms with van der Waals surface area (Å²) in [7, 11) is 0. The molecule has 0 spiro atoms. The van der Waals surface area contributed by atoms with E-state index in [0.717, 1.165) is 41.1 Å². The van der Waals surface area contributed by atoms with Gasteiger partial charge in [0.05, 0.1) is 21.8 Å². The quantitative estimate of drug-likeness (QED) is 0.737. The molecule has 26 heavy (non-hydrogen) atoms. The Morgan fingerprint density at radius 1 is 1.31 bits per heavy atom. The van der Waals surface area contributed by atoms with Gasteiger partial charge in [-0.05, 0) is 50.1 Å². The van der Waals surface area contributed by atoms with Gasteiger partial charge in [0.25, 0.3) is 0 Å². The molecule has 0 aliphatic carbocycles. The van der Waals surface area contributed by atoms with Gasteiger partial charge >= 0.3 is 0 Å². The highest BCUT2D eigenvalue weighted by atomic mass is 35.5. The Balaban J connectivity index is 1.45. The molecule has 3 heterocycles. The molecular weight excluding hydrogens is 370 g/mol. The van der Waals surface area contributed by atoms with E-state index >= 15 is 0 Å². The number of aryl methyl sites for hydroxylation is 1. The molecule has 1 atom stereocenters. The average molecular weight is 388 g/mol. The topological polar surface area (TPSA) is 71.0 Å². The van der Waals surface area contributed by atoms with Crippen molar-refractivity contribution >= 4 is 50.0 Å². The highest BCUT2D eigenvalue weighted by Gasteiger charge is 2.27. The zero-order chi connectivity index (χ0) is 18.1. The Labute approximate surface area is 160 Å². The average Bonchev–Trinajstić information content (AvgIpc) is 3.03. The van der Waals surface area contributed by atoms with E-state index < -0.39 is 0 Å². The molecule has 1 amide bonds. The zero-order valence-corrected chi connectivity index (χ0v) is 15.8. The molecule has 2 aromatic heterocycles. The van der Waals surface area contributed by atoms with E-state index in [1.54, 1.807) is 6.07 Å². The number of halogens is 1. The number of thiazole rings is 1. The Morgan fingerprint density at radius 2 is 2.19 bits per heavy atom. The first-order valence-electron chi connectivity index (χ1n) is 8.51. The van der Waals surface area contributed by atoms with Crippen molar-refractivity contribution in [3.63, 3.8) is 0 Å². The van der Waals surface area contributed by atoms with E-state index in [4.69, 9.17) is 11.6 Å². The number of carbonyl (C=O) groups is 1. The maximum absolute atomic E-state index is 12.7. The Kier molecular flexibility index (Phi) is 4.74. The fourth-order valence-electron chi connectivity index (χ4n) is 3.12. The van der Waals surface area contributed by atoms with Crippen molar-refractivity contribution in [3.8, 4) is 0 Å². The first-order valence-corrected chi connectivity index (χ1v) is 9.70. The van der Waals surface area contributed by atoms with Gasteiger partial charge in [-0.1, -0.05) is 22.9 Å². The lowest BCUT2D eigenvalue weighted by molar-refractivity contribution is -0.120. The lowest BCUT2D eigenvalue weighted by atomic mass is 9.97. The van der Waals surface area contributed by atoms with Crippen molar-refractivity contribution < 1.29 is 4.79 Å². The van der Waals surface area contributed by atoms with Crippen molar-refractivity contribution in [3.05, 3.63) is 41.0 Å². The van der Waals surface area contributed by atoms with Crippen LogP contribution in [0.5, 0.6) is 0 Å². The van der Waals surface area contributed by atoms with Crippen LogP contribution in [0.1, 0.15) is 18.5 Å². The van der Waals surface area contributed by atoms with Crippen LogP contribution in [-0.4, -0.2) is 34.2 Å². The number of aromatic nitrogens is 3. The van der Waals surface area contributed by atoms with E-state index in [9.17, 15) is 4.79 Å². The zero-order valence-electron chi connectivity index (χ0n) is 14.3. The first kappa shape index (κ1) is 17.2. The number of carbonyl (C=O) groups excluding carboxylic acids is 1. The van der Waals surface area contributed by atoms with Gasteiger partial charge in [0.1, 0.15) is 0 Å². The molecule has 0 radical (unpaired) electrons. The number of nitrogens with one attached hydrogen (secondary N) is 1. The number of nitrogens with zero attached hydrogens (tertiary/aromatic N) is 4. The molecule has 1 saturated heterocycles. The summed E-state index contributed by atoms with van der Waals surface area (Å²) in [5, 5.41) is 12.6. The molecule has 6 nitrogen and oxygen atoms in total. The molecule has 1 aliphatic heterocycles. The molecule has 1 fully saturated rings. The Bertz CT molecular complexity index is 942. The van der Waals surface area contributed by atoms with Gasteiger partial charge in [-0.15, -0.1) is 5.10 Å². The molecule has 0 unspecified atom stereocenters. The van der Waals surface area contributed by atoms with E-state index in [-0.39, 0.29) is 11.8 Å². The summed E-state index contributed by atoms with van der Waals surface area (Å²) >= 11 is 7.45. The van der Waals surface area contributed by atoms with Crippen molar-refractivity contribution in [2.75, 3.05) is 23.3 Å². The van der Waals surface area contributed by atoms with Crippen LogP contribution in [0.25, 0.3) is 10.2 Å². The van der Waals surface area contributed by atoms with E-state index in [0.29, 0.717) is 16.7 Å². The van der Waals surface area contributed by atoms with Crippen LogP contribution >= 0.6 is 22.9 Å². The SMILES string of the molecule is Cc1ccc(N2CCC[C@H](C(=O)Nc3nc4ccc(Cl)cc4s3)C2)nn1. The van der Waals surface area contributed by atoms with E-state index in [1.807, 2.05) is 31.2 Å². The molecule has 3 aromatic rings. The van der Waals surface area contributed by atoms with Crippen LogP contribution in [-0.2, 0) is 4.79 Å². The van der Waals surface area contributed by atoms with Crippen molar-refractivity contribution in [2.45, 2.75) is 19.8 Å². The summed E-state index contributed by atoms with van der Waals surface area (Å²) in [5.41, 5.74) is 1.73. The van der Waals surface area contributed by atoms with Gasteiger partial charge in [-0.3, -0.25) is 4.79 Å². The predicted octanol–water partition coefficient (Wildman–Crippen LogP) is 3.90. The first-order chi connectivity index (χ1) is 12.6. The molecule has 134 valence electrons. The third kappa shape index (κ3) is 3.64. The third-order valence-electron chi connectivity index (χ3n) is 4.48. The molecule has 1 N–H and O–H groups in total. The second-order valence-corrected chi connectivity index (χ2v) is 7.91. The number of benzene rings is 1. The monoisotopic (exact) mass is 387 g/mol. The maximum atomic E-state index is 12.7. The molecule has 8 heteroatoms. The van der Waals surface area contributed by atoms with Crippen molar-refractivity contribution in [1.29, 1.82) is 0 Å². The molecule has 0 bridgehead atoms. The van der Waals surface area contributed by atoms with Gasteiger partial charge < -0.3 is 10.2 Å². The van der Waals surface area contributed by atoms with E-state index in [1.165, 1.54) is 11.3 Å². The molecule has 4 rings (SSSR count). The largest absolute Gasteiger partial charge is 0.354 e. The number of hydrogen-bond donors (Lipinski definition) is 1. The minimum absolute atomic E-state index is 0.0000704. The minimum atomic E-state index is -0.0950. The van der Waals surface area contributed by atoms with Crippen LogP contribution < -0.4 is 10.2 Å². The second-order valence-electron chi connectivity index (χ2n) is 6.44. The van der Waals surface area contributed by atoms with Crippen LogP contribution in [0.2, 0.25) is 5.02 Å². The van der Waals surface area contributed by atoms with E-state index in [2.05, 4.69) is 25.4 Å². The predicted molar refractivity (Wildman–Crippen MR) is 105 cm³/mol. The van der Waals surface area contributed by atoms with Crippen LogP contribution in [0.15, 0.2) is 30.3 Å². The summed E-state index contributed by atoms with van der Waals surface area (Å²) in [6, 6.07) is 9.43. The number of hydrogen-bond acceptors (Lipinski definition) is 6. The fourth-order valence-corrected chi connectivity index (χ4v) is 4.26. The summed E-state index contributed by atoms with van der Waals surface area (Å²) in [6.45, 7) is 3.44. The summed E-state index contributed by atoms with van der Waals surface area (Å²) in [6.07, 6.45) is 1.81. The summed E-state index contributed by atoms with van der Waals surface area (Å²) in [4.78, 5) is 19.3. The molecule has 1 aromatic carbocycles. The minimum Gasteiger partial charge on any atom is -0.354 e. The lowest BCUT2D eigenvalue weighted by Crippen LogP contribution is -2.41. The normalized spacial score (nSPS) is 17.5. The Morgan fingerprint density at radius 3 is 3.00 bits per heavy atom. The number of anilines is 2. The summed E-state index contributed by atoms with van der Waals surface area (Å²) < 4.78 is 0.966. The number of piperidine rings is 1. The van der Waals surface area contributed by atoms with Crippen molar-refractivity contribution in [1.82, 2.24) is 15.2 Å². The standard InChI is InChI=1S/C18H18ClN5OS/c1-11-4-7-16(23-22-11)24-8-2-3-12(10-24)17(25)21-18-20-14-6-5-13(19)9-15(14)26-18/h4-7,9,12H,2-3,8,10H2,1H3,(H,20,21,25)/t12-/m0/s1. The molecular formula is C18H18ClN5OS. The highest BCUT2D eigenvalue weighted by Crippen LogP contribution is 2.29. The third-order valence-corrected chi connectivity index (χ3v) is 5.65. The summed E-state index contributed by atoms with van der Waals surface area (Å²) in [5.74, 6) is 0.727. The van der Waals surface area contributed by atoms with Crippen molar-refractivity contribution in [2.24, 2.45) is 5.92 Å². The Hall–Kier alpha value is -2.25. The number of fused-ring (bicyclic) bond motifs is 1. The molecule has 1 aliphatic rings.